The molecule has 0 bridgehead atoms. The molecule has 4 N–H and O–H groups in total. The number of hydrogen-bond donors (Lipinski definition) is 4. The van der Waals surface area contributed by atoms with Gasteiger partial charge in [-0.3, -0.25) is 9.59 Å². The number of carboxylic acids is 2. The van der Waals surface area contributed by atoms with Crippen LogP contribution in [0.3, 0.4) is 0 Å². The van der Waals surface area contributed by atoms with Gasteiger partial charge in [0.05, 0.1) is 6.04 Å². The molecule has 0 saturated carbocycles. The van der Waals surface area contributed by atoms with Crippen LogP contribution in [0, 0.1) is 0 Å². The van der Waals surface area contributed by atoms with Crippen LogP contribution < -0.4 is 5.73 Å². The lowest BCUT2D eigenvalue weighted by Crippen LogP contribution is -2.49. The molecule has 108 valence electrons. The van der Waals surface area contributed by atoms with Gasteiger partial charge in [0.1, 0.15) is 6.04 Å². The number of nitrogens with zero attached hydrogens (tertiary/aromatic N) is 1. The predicted octanol–water partition coefficient (Wildman–Crippen LogP) is -0.0763. The summed E-state index contributed by atoms with van der Waals surface area (Å²) in [6.07, 6.45) is 2.50. The summed E-state index contributed by atoms with van der Waals surface area (Å²) in [6.45, 7) is 1.63. The molecule has 8 heteroatoms. The third-order valence-corrected chi connectivity index (χ3v) is 2.69. The van der Waals surface area contributed by atoms with Crippen LogP contribution in [0.15, 0.2) is 12.3 Å². The molecule has 19 heavy (non-hydrogen) atoms. The van der Waals surface area contributed by atoms with Crippen LogP contribution in [0.4, 0.5) is 0 Å². The highest BCUT2D eigenvalue weighted by Gasteiger charge is 2.30. The third kappa shape index (κ3) is 5.75. The van der Waals surface area contributed by atoms with Crippen LogP contribution in [0.25, 0.3) is 0 Å². The van der Waals surface area contributed by atoms with Gasteiger partial charge in [0.15, 0.2) is 0 Å². The average molecular weight is 290 g/mol. The van der Waals surface area contributed by atoms with E-state index in [1.165, 1.54) is 12.3 Å². The lowest BCUT2D eigenvalue weighted by atomic mass is 10.1. The number of allylic oxidation sites excluding steroid dienone is 1. The Morgan fingerprint density at radius 2 is 1.95 bits per heavy atom. The Morgan fingerprint density at radius 1 is 1.37 bits per heavy atom. The van der Waals surface area contributed by atoms with Crippen molar-refractivity contribution in [3.8, 4) is 0 Å². The first-order valence-corrected chi connectivity index (χ1v) is 6.24. The van der Waals surface area contributed by atoms with Crippen molar-refractivity contribution in [2.75, 3.05) is 5.75 Å². The van der Waals surface area contributed by atoms with Crippen LogP contribution >= 0.6 is 12.6 Å². The Balaban J connectivity index is 4.91. The average Bonchev–Trinajstić information content (AvgIpc) is 2.34. The first-order valence-electron chi connectivity index (χ1n) is 5.61. The second kappa shape index (κ2) is 8.54. The summed E-state index contributed by atoms with van der Waals surface area (Å²) in [6, 6.07) is -2.20. The molecular weight excluding hydrogens is 272 g/mol. The summed E-state index contributed by atoms with van der Waals surface area (Å²) in [5.41, 5.74) is 5.58. The molecule has 0 aliphatic rings. The molecule has 0 aromatic carbocycles. The maximum atomic E-state index is 12.0. The van der Waals surface area contributed by atoms with Gasteiger partial charge in [-0.2, -0.15) is 12.6 Å². The molecule has 0 radical (unpaired) electrons. The number of aliphatic carboxylic acids is 2. The lowest BCUT2D eigenvalue weighted by molar-refractivity contribution is -0.147. The third-order valence-electron chi connectivity index (χ3n) is 2.34. The van der Waals surface area contributed by atoms with Gasteiger partial charge >= 0.3 is 11.9 Å². The molecule has 0 spiro atoms. The molecule has 1 amide bonds. The molecule has 0 aromatic heterocycles. The fourth-order valence-electron chi connectivity index (χ4n) is 1.37. The minimum atomic E-state index is -1.20. The summed E-state index contributed by atoms with van der Waals surface area (Å²) < 4.78 is 0. The van der Waals surface area contributed by atoms with Gasteiger partial charge in [-0.1, -0.05) is 6.08 Å². The van der Waals surface area contributed by atoms with E-state index in [4.69, 9.17) is 15.9 Å². The van der Waals surface area contributed by atoms with Crippen LogP contribution in [0.1, 0.15) is 19.8 Å². The summed E-state index contributed by atoms with van der Waals surface area (Å²) in [4.78, 5) is 34.4. The number of carboxylic acid groups (broad SMARTS) is 2. The van der Waals surface area contributed by atoms with Gasteiger partial charge < -0.3 is 20.8 Å². The quantitative estimate of drug-likeness (QED) is 0.464. The number of amides is 1. The Kier molecular flexibility index (Phi) is 7.85. The second-order valence-corrected chi connectivity index (χ2v) is 4.17. The van der Waals surface area contributed by atoms with E-state index in [1.54, 1.807) is 6.92 Å². The zero-order valence-electron chi connectivity index (χ0n) is 10.5. The summed E-state index contributed by atoms with van der Waals surface area (Å²) in [7, 11) is 0. The van der Waals surface area contributed by atoms with Crippen molar-refractivity contribution in [3.63, 3.8) is 0 Å². The van der Waals surface area contributed by atoms with Gasteiger partial charge in [-0.25, -0.2) is 4.79 Å². The summed E-state index contributed by atoms with van der Waals surface area (Å²) in [5.74, 6) is -2.98. The van der Waals surface area contributed by atoms with Gasteiger partial charge in [0.25, 0.3) is 0 Å². The smallest absolute Gasteiger partial charge is 0.327 e. The number of carbonyl (C=O) groups is 3. The van der Waals surface area contributed by atoms with Crippen LogP contribution in [-0.4, -0.2) is 50.8 Å². The second-order valence-electron chi connectivity index (χ2n) is 3.80. The van der Waals surface area contributed by atoms with Crippen LogP contribution in [-0.2, 0) is 14.4 Å². The van der Waals surface area contributed by atoms with E-state index in [0.29, 0.717) is 0 Å². The fraction of sp³-hybridized carbons (Fsp3) is 0.545. The number of carbonyl (C=O) groups excluding carboxylic acids is 1. The predicted molar refractivity (Wildman–Crippen MR) is 71.8 cm³/mol. The zero-order chi connectivity index (χ0) is 15.0. The highest BCUT2D eigenvalue weighted by molar-refractivity contribution is 7.80. The Labute approximate surface area is 116 Å². The topological polar surface area (TPSA) is 121 Å². The molecule has 0 rings (SSSR count). The number of nitrogens with two attached hydrogens (primary N) is 1. The monoisotopic (exact) mass is 290 g/mol. The standard InChI is InChI=1S/C11H18N2O5S/c1-2-5-13(8(6-19)11(17)18)10(16)7(12)3-4-9(14)15/h2,5,7-8,19H,3-4,6,12H2,1H3,(H,14,15)(H,17,18)/t7-,8-/m0/s1. The minimum absolute atomic E-state index is 0.0544. The van der Waals surface area contributed by atoms with Crippen molar-refractivity contribution in [1.82, 2.24) is 4.90 Å². The van der Waals surface area contributed by atoms with Crippen molar-refractivity contribution in [1.29, 1.82) is 0 Å². The first-order chi connectivity index (χ1) is 8.84. The van der Waals surface area contributed by atoms with Crippen molar-refractivity contribution in [2.24, 2.45) is 5.73 Å². The Morgan fingerprint density at radius 3 is 2.32 bits per heavy atom. The molecule has 0 saturated heterocycles. The molecule has 0 aromatic rings. The Bertz CT molecular complexity index is 372. The van der Waals surface area contributed by atoms with Crippen LogP contribution in [0.5, 0.6) is 0 Å². The zero-order valence-corrected chi connectivity index (χ0v) is 11.4. The molecular formula is C11H18N2O5S. The lowest BCUT2D eigenvalue weighted by Gasteiger charge is -2.27. The highest BCUT2D eigenvalue weighted by atomic mass is 32.1. The SMILES string of the molecule is CC=CN(C(=O)[C@@H](N)CCC(=O)O)[C@@H](CS)C(=O)O. The molecule has 0 fully saturated rings. The molecule has 0 aliphatic heterocycles. The highest BCUT2D eigenvalue weighted by Crippen LogP contribution is 2.09. The molecule has 7 nitrogen and oxygen atoms in total. The normalized spacial score (nSPS) is 14.1. The van der Waals surface area contributed by atoms with Gasteiger partial charge in [0, 0.05) is 18.4 Å². The maximum Gasteiger partial charge on any atom is 0.327 e. The van der Waals surface area contributed by atoms with Crippen molar-refractivity contribution >= 4 is 30.5 Å². The van der Waals surface area contributed by atoms with Gasteiger partial charge in [-0.05, 0) is 13.3 Å². The van der Waals surface area contributed by atoms with E-state index in [1.807, 2.05) is 0 Å². The van der Waals surface area contributed by atoms with E-state index in [0.717, 1.165) is 4.90 Å². The number of thiol groups is 1. The molecule has 0 heterocycles. The van der Waals surface area contributed by atoms with Crippen molar-refractivity contribution < 1.29 is 24.6 Å². The largest absolute Gasteiger partial charge is 0.481 e. The van der Waals surface area contributed by atoms with E-state index in [-0.39, 0.29) is 18.6 Å². The maximum absolute atomic E-state index is 12.0. The van der Waals surface area contributed by atoms with E-state index < -0.39 is 29.9 Å². The molecule has 0 unspecified atom stereocenters. The molecule has 0 aliphatic carbocycles. The van der Waals surface area contributed by atoms with Crippen molar-refractivity contribution in [2.45, 2.75) is 31.8 Å². The first kappa shape index (κ1) is 17.5. The van der Waals surface area contributed by atoms with Crippen LogP contribution in [0.2, 0.25) is 0 Å². The van der Waals surface area contributed by atoms with Gasteiger partial charge in [0.2, 0.25) is 5.91 Å². The van der Waals surface area contributed by atoms with E-state index >= 15 is 0 Å². The minimum Gasteiger partial charge on any atom is -0.481 e. The molecule has 2 atom stereocenters. The van der Waals surface area contributed by atoms with E-state index in [2.05, 4.69) is 12.6 Å². The van der Waals surface area contributed by atoms with E-state index in [9.17, 15) is 14.4 Å². The summed E-state index contributed by atoms with van der Waals surface area (Å²) in [5, 5.41) is 17.5. The Hall–Kier alpha value is -1.54. The number of rotatable bonds is 8. The van der Waals surface area contributed by atoms with Crippen molar-refractivity contribution in [3.05, 3.63) is 12.3 Å². The van der Waals surface area contributed by atoms with Gasteiger partial charge in [-0.15, -0.1) is 0 Å². The number of hydrogen-bond acceptors (Lipinski definition) is 5. The fourth-order valence-corrected chi connectivity index (χ4v) is 1.70. The summed E-state index contributed by atoms with van der Waals surface area (Å²) >= 11 is 3.89.